The maximum absolute atomic E-state index is 12.9. The maximum atomic E-state index is 12.9. The van der Waals surface area contributed by atoms with Gasteiger partial charge in [0.1, 0.15) is 11.4 Å². The van der Waals surface area contributed by atoms with Crippen molar-refractivity contribution >= 4 is 17.2 Å². The molecule has 140 valence electrons. The monoisotopic (exact) mass is 382 g/mol. The van der Waals surface area contributed by atoms with Crippen LogP contribution in [0.5, 0.6) is 5.75 Å². The molecular weight excluding hydrogens is 360 g/mol. The topological polar surface area (TPSA) is 72.5 Å². The van der Waals surface area contributed by atoms with E-state index in [1.165, 1.54) is 4.88 Å². The molecule has 1 fully saturated rings. The Morgan fingerprint density at radius 2 is 2.04 bits per heavy atom. The fourth-order valence-corrected chi connectivity index (χ4v) is 4.13. The highest BCUT2D eigenvalue weighted by Crippen LogP contribution is 2.27. The lowest BCUT2D eigenvalue weighted by atomic mass is 10.1. The number of H-pyrrole nitrogens is 1. The van der Waals surface area contributed by atoms with Gasteiger partial charge in [-0.3, -0.25) is 14.8 Å². The molecule has 1 aromatic carbocycles. The van der Waals surface area contributed by atoms with Crippen LogP contribution in [0.25, 0.3) is 11.3 Å². The van der Waals surface area contributed by atoms with Crippen molar-refractivity contribution in [2.45, 2.75) is 13.0 Å². The summed E-state index contributed by atoms with van der Waals surface area (Å²) in [5.74, 6) is 0.115. The van der Waals surface area contributed by atoms with Gasteiger partial charge in [0.05, 0.1) is 5.69 Å². The average Bonchev–Trinajstić information content (AvgIpc) is 3.31. The first kappa shape index (κ1) is 17.8. The van der Waals surface area contributed by atoms with Crippen molar-refractivity contribution in [1.29, 1.82) is 0 Å². The second kappa shape index (κ2) is 7.94. The van der Waals surface area contributed by atoms with Crippen LogP contribution < -0.4 is 0 Å². The van der Waals surface area contributed by atoms with Crippen LogP contribution in [0.1, 0.15) is 21.8 Å². The van der Waals surface area contributed by atoms with E-state index in [0.717, 1.165) is 32.6 Å². The van der Waals surface area contributed by atoms with Gasteiger partial charge < -0.3 is 10.0 Å². The molecule has 27 heavy (non-hydrogen) atoms. The van der Waals surface area contributed by atoms with Gasteiger partial charge in [-0.05, 0) is 36.1 Å². The van der Waals surface area contributed by atoms with Gasteiger partial charge in [0, 0.05) is 43.2 Å². The van der Waals surface area contributed by atoms with E-state index in [4.69, 9.17) is 0 Å². The lowest BCUT2D eigenvalue weighted by molar-refractivity contribution is 0.0755. The molecule has 1 aliphatic rings. The molecule has 0 atom stereocenters. The number of thiophene rings is 1. The smallest absolute Gasteiger partial charge is 0.271 e. The lowest BCUT2D eigenvalue weighted by Gasteiger charge is -2.21. The molecule has 0 radical (unpaired) electrons. The number of para-hydroxylation sites is 1. The van der Waals surface area contributed by atoms with E-state index in [2.05, 4.69) is 32.6 Å². The first-order valence-electron chi connectivity index (χ1n) is 9.08. The van der Waals surface area contributed by atoms with E-state index in [-0.39, 0.29) is 11.7 Å². The Bertz CT molecular complexity index is 906. The summed E-state index contributed by atoms with van der Waals surface area (Å²) >= 11 is 1.77. The standard InChI is InChI=1S/C20H22N4O2S/c25-19-7-2-1-6-16(19)17-13-18(22-21-17)20(26)24-9-4-8-23(10-11-24)14-15-5-3-12-27-15/h1-3,5-7,12-13,25H,4,8-11,14H2,(H,21,22). The normalized spacial score (nSPS) is 15.6. The zero-order valence-electron chi connectivity index (χ0n) is 15.0. The Morgan fingerprint density at radius 1 is 1.15 bits per heavy atom. The minimum atomic E-state index is -0.0397. The Kier molecular flexibility index (Phi) is 5.22. The molecule has 0 spiro atoms. The van der Waals surface area contributed by atoms with Crippen molar-refractivity contribution in [3.8, 4) is 17.0 Å². The number of phenolic OH excluding ortho intramolecular Hbond substituents is 1. The number of aromatic nitrogens is 2. The molecule has 0 saturated carbocycles. The Hall–Kier alpha value is -2.64. The molecule has 0 bridgehead atoms. The largest absolute Gasteiger partial charge is 0.507 e. The number of amides is 1. The number of phenols is 1. The van der Waals surface area contributed by atoms with E-state index in [9.17, 15) is 9.90 Å². The molecule has 3 aromatic rings. The van der Waals surface area contributed by atoms with Gasteiger partial charge in [0.25, 0.3) is 5.91 Å². The fourth-order valence-electron chi connectivity index (χ4n) is 3.38. The lowest BCUT2D eigenvalue weighted by Crippen LogP contribution is -2.35. The van der Waals surface area contributed by atoms with Crippen LogP contribution in [0, 0.1) is 0 Å². The van der Waals surface area contributed by atoms with Gasteiger partial charge in [0.2, 0.25) is 0 Å². The highest BCUT2D eigenvalue weighted by Gasteiger charge is 2.22. The van der Waals surface area contributed by atoms with Crippen LogP contribution >= 0.6 is 11.3 Å². The van der Waals surface area contributed by atoms with Gasteiger partial charge in [-0.2, -0.15) is 5.10 Å². The molecule has 4 rings (SSSR count). The summed E-state index contributed by atoms with van der Waals surface area (Å²) in [5, 5.41) is 19.1. The summed E-state index contributed by atoms with van der Waals surface area (Å²) in [4.78, 5) is 18.5. The average molecular weight is 382 g/mol. The van der Waals surface area contributed by atoms with Gasteiger partial charge in [-0.15, -0.1) is 11.3 Å². The fraction of sp³-hybridized carbons (Fsp3) is 0.300. The second-order valence-electron chi connectivity index (χ2n) is 6.69. The highest BCUT2D eigenvalue weighted by molar-refractivity contribution is 7.09. The molecule has 2 N–H and O–H groups in total. The number of aromatic hydroxyl groups is 1. The molecular formula is C20H22N4O2S. The Morgan fingerprint density at radius 3 is 2.85 bits per heavy atom. The van der Waals surface area contributed by atoms with Gasteiger partial charge in [0.15, 0.2) is 0 Å². The van der Waals surface area contributed by atoms with E-state index in [1.807, 2.05) is 11.0 Å². The zero-order valence-corrected chi connectivity index (χ0v) is 15.8. The Labute approximate surface area is 162 Å². The van der Waals surface area contributed by atoms with Crippen LogP contribution in [0.3, 0.4) is 0 Å². The summed E-state index contributed by atoms with van der Waals surface area (Å²) in [6, 6.07) is 12.9. The predicted octanol–water partition coefficient (Wildman–Crippen LogP) is 3.19. The molecule has 1 aliphatic heterocycles. The van der Waals surface area contributed by atoms with E-state index in [1.54, 1.807) is 35.6 Å². The SMILES string of the molecule is O=C(c1cc(-c2ccccc2O)n[nH]1)N1CCCN(Cc2cccs2)CC1. The summed E-state index contributed by atoms with van der Waals surface area (Å²) in [5.41, 5.74) is 1.65. The van der Waals surface area contributed by atoms with Crippen LogP contribution in [0.2, 0.25) is 0 Å². The van der Waals surface area contributed by atoms with Crippen molar-refractivity contribution in [2.24, 2.45) is 0 Å². The van der Waals surface area contributed by atoms with Crippen molar-refractivity contribution in [2.75, 3.05) is 26.2 Å². The van der Waals surface area contributed by atoms with Crippen LogP contribution in [0.4, 0.5) is 0 Å². The van der Waals surface area contributed by atoms with Crippen LogP contribution in [0.15, 0.2) is 47.8 Å². The number of hydrogen-bond acceptors (Lipinski definition) is 5. The van der Waals surface area contributed by atoms with Crippen molar-refractivity contribution in [1.82, 2.24) is 20.0 Å². The molecule has 2 aromatic heterocycles. The highest BCUT2D eigenvalue weighted by atomic mass is 32.1. The minimum Gasteiger partial charge on any atom is -0.507 e. The van der Waals surface area contributed by atoms with Crippen LogP contribution in [-0.2, 0) is 6.54 Å². The first-order valence-corrected chi connectivity index (χ1v) is 9.96. The minimum absolute atomic E-state index is 0.0397. The third kappa shape index (κ3) is 4.04. The molecule has 3 heterocycles. The molecule has 6 nitrogen and oxygen atoms in total. The van der Waals surface area contributed by atoms with Gasteiger partial charge in [-0.1, -0.05) is 18.2 Å². The number of rotatable bonds is 4. The maximum Gasteiger partial charge on any atom is 0.271 e. The van der Waals surface area contributed by atoms with Gasteiger partial charge in [-0.25, -0.2) is 0 Å². The number of hydrogen-bond donors (Lipinski definition) is 2. The van der Waals surface area contributed by atoms with E-state index >= 15 is 0 Å². The zero-order chi connectivity index (χ0) is 18.6. The number of nitrogens with one attached hydrogen (secondary N) is 1. The van der Waals surface area contributed by atoms with E-state index < -0.39 is 0 Å². The summed E-state index contributed by atoms with van der Waals surface area (Å²) in [6.45, 7) is 4.25. The van der Waals surface area contributed by atoms with Gasteiger partial charge >= 0.3 is 0 Å². The predicted molar refractivity (Wildman–Crippen MR) is 106 cm³/mol. The molecule has 1 saturated heterocycles. The molecule has 0 unspecified atom stereocenters. The van der Waals surface area contributed by atoms with Crippen molar-refractivity contribution in [3.05, 3.63) is 58.4 Å². The molecule has 1 amide bonds. The third-order valence-electron chi connectivity index (χ3n) is 4.82. The second-order valence-corrected chi connectivity index (χ2v) is 7.72. The molecule has 7 heteroatoms. The quantitative estimate of drug-likeness (QED) is 0.727. The van der Waals surface area contributed by atoms with Crippen molar-refractivity contribution in [3.63, 3.8) is 0 Å². The Balaban J connectivity index is 1.42. The number of benzene rings is 1. The summed E-state index contributed by atoms with van der Waals surface area (Å²) < 4.78 is 0. The van der Waals surface area contributed by atoms with Crippen molar-refractivity contribution < 1.29 is 9.90 Å². The number of aromatic amines is 1. The first-order chi connectivity index (χ1) is 13.2. The number of nitrogens with zero attached hydrogens (tertiary/aromatic N) is 3. The summed E-state index contributed by atoms with van der Waals surface area (Å²) in [7, 11) is 0. The van der Waals surface area contributed by atoms with Crippen LogP contribution in [-0.4, -0.2) is 57.2 Å². The summed E-state index contributed by atoms with van der Waals surface area (Å²) in [6.07, 6.45) is 0.956. The number of carbonyl (C=O) groups is 1. The number of carbonyl (C=O) groups excluding carboxylic acids is 1. The van der Waals surface area contributed by atoms with E-state index in [0.29, 0.717) is 23.5 Å². The molecule has 0 aliphatic carbocycles. The third-order valence-corrected chi connectivity index (χ3v) is 5.68.